The molecular formula is C25H28ClN5O4. The number of aromatic nitrogens is 4. The smallest absolute Gasteiger partial charge is 0.240 e. The van der Waals surface area contributed by atoms with Gasteiger partial charge in [-0.3, -0.25) is 10.00 Å². The van der Waals surface area contributed by atoms with E-state index in [4.69, 9.17) is 18.9 Å². The maximum atomic E-state index is 6.04. The summed E-state index contributed by atoms with van der Waals surface area (Å²) < 4.78 is 23.0. The molecule has 1 fully saturated rings. The van der Waals surface area contributed by atoms with Crippen molar-refractivity contribution in [2.24, 2.45) is 0 Å². The zero-order chi connectivity index (χ0) is 23.2. The van der Waals surface area contributed by atoms with Crippen LogP contribution < -0.4 is 14.2 Å². The summed E-state index contributed by atoms with van der Waals surface area (Å²) in [6.45, 7) is 5.12. The minimum atomic E-state index is 0. The number of hydrogen-bond acceptors (Lipinski definition) is 8. The molecule has 9 nitrogen and oxygen atoms in total. The van der Waals surface area contributed by atoms with Gasteiger partial charge in [-0.25, -0.2) is 9.97 Å². The van der Waals surface area contributed by atoms with Gasteiger partial charge in [-0.05, 0) is 18.1 Å². The molecule has 35 heavy (non-hydrogen) atoms. The number of halogens is 1. The van der Waals surface area contributed by atoms with Crippen LogP contribution in [0.1, 0.15) is 6.42 Å². The van der Waals surface area contributed by atoms with Crippen LogP contribution in [-0.2, 0) is 4.74 Å². The molecule has 2 aromatic carbocycles. The molecule has 0 amide bonds. The Labute approximate surface area is 209 Å². The number of methoxy groups -OCH3 is 1. The Morgan fingerprint density at radius 3 is 2.66 bits per heavy atom. The van der Waals surface area contributed by atoms with Crippen LogP contribution in [0.5, 0.6) is 23.3 Å². The topological polar surface area (TPSA) is 94.6 Å². The van der Waals surface area contributed by atoms with E-state index in [0.29, 0.717) is 40.8 Å². The monoisotopic (exact) mass is 497 g/mol. The van der Waals surface area contributed by atoms with Gasteiger partial charge in [-0.1, -0.05) is 30.3 Å². The minimum Gasteiger partial charge on any atom is -0.493 e. The van der Waals surface area contributed by atoms with Crippen molar-refractivity contribution in [3.05, 3.63) is 54.9 Å². The van der Waals surface area contributed by atoms with E-state index in [2.05, 4.69) is 25.1 Å². The second-order valence-corrected chi connectivity index (χ2v) is 7.94. The van der Waals surface area contributed by atoms with E-state index in [1.54, 1.807) is 7.11 Å². The van der Waals surface area contributed by atoms with Crippen molar-refractivity contribution in [1.29, 1.82) is 0 Å². The number of rotatable bonds is 9. The lowest BCUT2D eigenvalue weighted by Gasteiger charge is -2.26. The molecule has 10 heteroatoms. The molecule has 0 aliphatic carbocycles. The lowest BCUT2D eigenvalue weighted by Crippen LogP contribution is -2.37. The molecule has 0 bridgehead atoms. The van der Waals surface area contributed by atoms with Crippen LogP contribution >= 0.6 is 12.4 Å². The van der Waals surface area contributed by atoms with E-state index in [9.17, 15) is 0 Å². The highest BCUT2D eigenvalue weighted by molar-refractivity contribution is 5.87. The molecule has 5 rings (SSSR count). The Hall–Kier alpha value is -3.40. The highest BCUT2D eigenvalue weighted by Gasteiger charge is 2.15. The molecular weight excluding hydrogens is 470 g/mol. The average molecular weight is 498 g/mol. The standard InChI is InChI=1S/C25H27N5O4.ClH/c1-31-22-14-19-21(15-23(22)33-11-5-8-30-9-12-32-13-10-30)26-17-27-25(19)34-24-16-20(28-29-24)18-6-3-2-4-7-18;/h2-4,6-7,14-17H,5,8-13H2,1H3,(H,28,29);1H. The van der Waals surface area contributed by atoms with E-state index in [-0.39, 0.29) is 12.4 Å². The fraction of sp³-hybridized carbons (Fsp3) is 0.320. The fourth-order valence-corrected chi connectivity index (χ4v) is 3.91. The molecule has 1 aliphatic heterocycles. The Morgan fingerprint density at radius 1 is 1.03 bits per heavy atom. The molecule has 4 aromatic rings. The molecule has 184 valence electrons. The van der Waals surface area contributed by atoms with Gasteiger partial charge in [0, 0.05) is 31.8 Å². The number of hydrogen-bond donors (Lipinski definition) is 1. The summed E-state index contributed by atoms with van der Waals surface area (Å²) in [6.07, 6.45) is 2.39. The molecule has 0 saturated carbocycles. The predicted molar refractivity (Wildman–Crippen MR) is 135 cm³/mol. The van der Waals surface area contributed by atoms with E-state index in [0.717, 1.165) is 50.5 Å². The Bertz CT molecular complexity index is 1230. The summed E-state index contributed by atoms with van der Waals surface area (Å²) in [7, 11) is 1.62. The van der Waals surface area contributed by atoms with Crippen LogP contribution in [0.15, 0.2) is 54.9 Å². The number of aromatic amines is 1. The predicted octanol–water partition coefficient (Wildman–Crippen LogP) is 4.34. The first kappa shape index (κ1) is 24.7. The molecule has 3 heterocycles. The number of nitrogens with zero attached hydrogens (tertiary/aromatic N) is 4. The number of morpholine rings is 1. The second-order valence-electron chi connectivity index (χ2n) is 7.94. The van der Waals surface area contributed by atoms with Crippen molar-refractivity contribution < 1.29 is 18.9 Å². The van der Waals surface area contributed by atoms with Crippen LogP contribution in [0, 0.1) is 0 Å². The largest absolute Gasteiger partial charge is 0.493 e. The Morgan fingerprint density at radius 2 is 1.86 bits per heavy atom. The minimum absolute atomic E-state index is 0. The normalized spacial score (nSPS) is 13.9. The maximum absolute atomic E-state index is 6.04. The highest BCUT2D eigenvalue weighted by atomic mass is 35.5. The summed E-state index contributed by atoms with van der Waals surface area (Å²) in [5.41, 5.74) is 2.58. The summed E-state index contributed by atoms with van der Waals surface area (Å²) in [5, 5.41) is 7.98. The van der Waals surface area contributed by atoms with Crippen molar-refractivity contribution in [3.8, 4) is 34.5 Å². The fourth-order valence-electron chi connectivity index (χ4n) is 3.91. The first-order chi connectivity index (χ1) is 16.8. The molecule has 2 aromatic heterocycles. The van der Waals surface area contributed by atoms with E-state index < -0.39 is 0 Å². The van der Waals surface area contributed by atoms with Crippen LogP contribution in [0.4, 0.5) is 0 Å². The van der Waals surface area contributed by atoms with Crippen LogP contribution in [0.3, 0.4) is 0 Å². The van der Waals surface area contributed by atoms with Crippen molar-refractivity contribution in [2.45, 2.75) is 6.42 Å². The molecule has 0 radical (unpaired) electrons. The zero-order valence-corrected chi connectivity index (χ0v) is 20.3. The number of fused-ring (bicyclic) bond motifs is 1. The van der Waals surface area contributed by atoms with Gasteiger partial charge in [0.25, 0.3) is 0 Å². The summed E-state index contributed by atoms with van der Waals surface area (Å²) >= 11 is 0. The van der Waals surface area contributed by atoms with Gasteiger partial charge in [-0.15, -0.1) is 17.5 Å². The van der Waals surface area contributed by atoms with E-state index >= 15 is 0 Å². The van der Waals surface area contributed by atoms with Crippen molar-refractivity contribution in [2.75, 3.05) is 46.6 Å². The lowest BCUT2D eigenvalue weighted by atomic mass is 10.2. The van der Waals surface area contributed by atoms with Gasteiger partial charge in [0.05, 0.1) is 43.5 Å². The van der Waals surface area contributed by atoms with Gasteiger partial charge >= 0.3 is 0 Å². The third kappa shape index (κ3) is 6.00. The number of ether oxygens (including phenoxy) is 4. The molecule has 0 spiro atoms. The SMILES string of the molecule is COc1cc2c(Oc3cc(-c4ccccc4)[nH]n3)ncnc2cc1OCCCN1CCOCC1.Cl. The molecule has 0 atom stereocenters. The van der Waals surface area contributed by atoms with Crippen LogP contribution in [0.25, 0.3) is 22.2 Å². The van der Waals surface area contributed by atoms with Gasteiger partial charge in [0.15, 0.2) is 11.5 Å². The summed E-state index contributed by atoms with van der Waals surface area (Å²) in [4.78, 5) is 11.1. The van der Waals surface area contributed by atoms with Gasteiger partial charge in [0.1, 0.15) is 6.33 Å². The molecule has 1 N–H and O–H groups in total. The number of nitrogens with one attached hydrogen (secondary N) is 1. The quantitative estimate of drug-likeness (QED) is 0.341. The summed E-state index contributed by atoms with van der Waals surface area (Å²) in [6, 6.07) is 15.5. The van der Waals surface area contributed by atoms with Gasteiger partial charge in [-0.2, -0.15) is 0 Å². The Kier molecular flexibility index (Phi) is 8.36. The molecule has 1 aliphatic rings. The van der Waals surface area contributed by atoms with Crippen molar-refractivity contribution in [1.82, 2.24) is 25.1 Å². The third-order valence-corrected chi connectivity index (χ3v) is 5.70. The Balaban J connectivity index is 0.00000289. The average Bonchev–Trinajstić information content (AvgIpc) is 3.36. The zero-order valence-electron chi connectivity index (χ0n) is 19.5. The van der Waals surface area contributed by atoms with Crippen LogP contribution in [0.2, 0.25) is 0 Å². The summed E-state index contributed by atoms with van der Waals surface area (Å²) in [5.74, 6) is 2.06. The van der Waals surface area contributed by atoms with Crippen molar-refractivity contribution in [3.63, 3.8) is 0 Å². The first-order valence-electron chi connectivity index (χ1n) is 11.3. The number of benzene rings is 2. The third-order valence-electron chi connectivity index (χ3n) is 5.70. The maximum Gasteiger partial charge on any atom is 0.240 e. The lowest BCUT2D eigenvalue weighted by molar-refractivity contribution is 0.0357. The molecule has 1 saturated heterocycles. The van der Waals surface area contributed by atoms with E-state index in [1.807, 2.05) is 48.5 Å². The second kappa shape index (κ2) is 11.8. The van der Waals surface area contributed by atoms with E-state index in [1.165, 1.54) is 6.33 Å². The first-order valence-corrected chi connectivity index (χ1v) is 11.3. The van der Waals surface area contributed by atoms with Gasteiger partial charge < -0.3 is 18.9 Å². The van der Waals surface area contributed by atoms with Crippen molar-refractivity contribution >= 4 is 23.3 Å². The highest BCUT2D eigenvalue weighted by Crippen LogP contribution is 2.36. The molecule has 0 unspecified atom stereocenters. The van der Waals surface area contributed by atoms with Gasteiger partial charge in [0.2, 0.25) is 11.8 Å². The van der Waals surface area contributed by atoms with Crippen LogP contribution in [-0.4, -0.2) is 71.6 Å². The number of H-pyrrole nitrogens is 1.